The lowest BCUT2D eigenvalue weighted by Crippen LogP contribution is -1.96. The fraction of sp³-hybridized carbons (Fsp3) is 0.364. The van der Waals surface area contributed by atoms with Gasteiger partial charge in [0.05, 0.1) is 5.75 Å². The summed E-state index contributed by atoms with van der Waals surface area (Å²) in [6, 6.07) is 7.14. The number of carbonyl (C=O) groups excluding carboxylic acids is 1. The molecule has 0 atom stereocenters. The number of ketones is 1. The van der Waals surface area contributed by atoms with E-state index >= 15 is 0 Å². The normalized spacial score (nSPS) is 10.7. The van der Waals surface area contributed by atoms with Gasteiger partial charge in [0.25, 0.3) is 0 Å². The van der Waals surface area contributed by atoms with E-state index in [4.69, 9.17) is 0 Å². The first-order valence-electron chi connectivity index (χ1n) is 4.57. The Morgan fingerprint density at radius 2 is 1.93 bits per heavy atom. The van der Waals surface area contributed by atoms with Crippen LogP contribution in [0.1, 0.15) is 12.5 Å². The van der Waals surface area contributed by atoms with Crippen molar-refractivity contribution in [2.75, 3.05) is 5.75 Å². The van der Waals surface area contributed by atoms with Gasteiger partial charge in [-0.15, -0.1) is 11.8 Å². The Morgan fingerprint density at radius 3 is 2.40 bits per heavy atom. The van der Waals surface area contributed by atoms with Gasteiger partial charge < -0.3 is 0 Å². The Hall–Kier alpha value is -0.900. The van der Waals surface area contributed by atoms with Crippen LogP contribution >= 0.6 is 11.8 Å². The third kappa shape index (κ3) is 4.93. The monoisotopic (exact) mass is 230 g/mol. The number of halogens is 2. The van der Waals surface area contributed by atoms with Gasteiger partial charge in [-0.2, -0.15) is 0 Å². The van der Waals surface area contributed by atoms with Crippen LogP contribution < -0.4 is 0 Å². The van der Waals surface area contributed by atoms with E-state index in [-0.39, 0.29) is 11.5 Å². The Labute approximate surface area is 91.9 Å². The highest BCUT2D eigenvalue weighted by atomic mass is 32.2. The van der Waals surface area contributed by atoms with Gasteiger partial charge in [0.2, 0.25) is 6.43 Å². The second kappa shape index (κ2) is 5.85. The molecule has 4 heteroatoms. The number of Topliss-reactive ketones (excluding diaryl/α,β-unsaturated/α-hetero) is 1. The molecule has 0 amide bonds. The third-order valence-electron chi connectivity index (χ3n) is 1.75. The van der Waals surface area contributed by atoms with E-state index in [2.05, 4.69) is 0 Å². The average molecular weight is 230 g/mol. The van der Waals surface area contributed by atoms with Gasteiger partial charge in [0.15, 0.2) is 0 Å². The predicted molar refractivity (Wildman–Crippen MR) is 57.6 cm³/mol. The average Bonchev–Trinajstić information content (AvgIpc) is 2.16. The van der Waals surface area contributed by atoms with Crippen LogP contribution in [0.15, 0.2) is 29.2 Å². The van der Waals surface area contributed by atoms with E-state index in [1.807, 2.05) is 0 Å². The number of alkyl halides is 2. The quantitative estimate of drug-likeness (QED) is 0.723. The summed E-state index contributed by atoms with van der Waals surface area (Å²) in [7, 11) is 0. The third-order valence-corrected chi connectivity index (χ3v) is 2.78. The maximum atomic E-state index is 11.9. The molecule has 1 aromatic rings. The predicted octanol–water partition coefficient (Wildman–Crippen LogP) is 3.18. The first-order chi connectivity index (χ1) is 7.08. The smallest absolute Gasteiger partial charge is 0.247 e. The van der Waals surface area contributed by atoms with E-state index in [9.17, 15) is 13.6 Å². The van der Waals surface area contributed by atoms with Crippen LogP contribution in [0.4, 0.5) is 8.78 Å². The zero-order chi connectivity index (χ0) is 11.3. The van der Waals surface area contributed by atoms with E-state index < -0.39 is 6.43 Å². The highest BCUT2D eigenvalue weighted by Crippen LogP contribution is 2.20. The number of rotatable bonds is 5. The van der Waals surface area contributed by atoms with Crippen LogP contribution in [0.5, 0.6) is 0 Å². The minimum Gasteiger partial charge on any atom is -0.300 e. The van der Waals surface area contributed by atoms with Gasteiger partial charge >= 0.3 is 0 Å². The summed E-state index contributed by atoms with van der Waals surface area (Å²) in [4.78, 5) is 11.6. The maximum absolute atomic E-state index is 11.9. The van der Waals surface area contributed by atoms with Gasteiger partial charge in [-0.05, 0) is 24.6 Å². The Balaban J connectivity index is 2.52. The molecule has 0 fully saturated rings. The van der Waals surface area contributed by atoms with Crippen molar-refractivity contribution >= 4 is 17.5 Å². The van der Waals surface area contributed by atoms with E-state index in [1.165, 1.54) is 6.92 Å². The van der Waals surface area contributed by atoms with Crippen LogP contribution in [0.3, 0.4) is 0 Å². The summed E-state index contributed by atoms with van der Waals surface area (Å²) in [5.74, 6) is -0.0885. The molecule has 0 unspecified atom stereocenters. The van der Waals surface area contributed by atoms with E-state index in [0.717, 1.165) is 22.2 Å². The number of carbonyl (C=O) groups is 1. The molecule has 1 nitrogen and oxygen atoms in total. The summed E-state index contributed by atoms with van der Waals surface area (Å²) >= 11 is 1.12. The number of benzene rings is 1. The molecule has 82 valence electrons. The summed E-state index contributed by atoms with van der Waals surface area (Å²) in [6.07, 6.45) is -1.88. The van der Waals surface area contributed by atoms with Crippen molar-refractivity contribution < 1.29 is 13.6 Å². The fourth-order valence-corrected chi connectivity index (χ4v) is 1.80. The summed E-state index contributed by atoms with van der Waals surface area (Å²) in [5.41, 5.74) is 0.920. The minimum absolute atomic E-state index is 0.1000. The van der Waals surface area contributed by atoms with Crippen LogP contribution in [0.25, 0.3) is 0 Å². The topological polar surface area (TPSA) is 17.1 Å². The zero-order valence-corrected chi connectivity index (χ0v) is 9.19. The Kier molecular flexibility index (Phi) is 4.75. The molecular weight excluding hydrogens is 218 g/mol. The van der Waals surface area contributed by atoms with Crippen molar-refractivity contribution in [3.8, 4) is 0 Å². The highest BCUT2D eigenvalue weighted by molar-refractivity contribution is 7.99. The van der Waals surface area contributed by atoms with Crippen molar-refractivity contribution in [1.29, 1.82) is 0 Å². The molecule has 0 spiro atoms. The van der Waals surface area contributed by atoms with Gasteiger partial charge in [0, 0.05) is 11.3 Å². The van der Waals surface area contributed by atoms with Crippen molar-refractivity contribution in [3.63, 3.8) is 0 Å². The SMILES string of the molecule is CC(=O)Cc1ccc(SCC(F)F)cc1. The minimum atomic E-state index is -2.29. The van der Waals surface area contributed by atoms with Crippen molar-refractivity contribution in [2.45, 2.75) is 24.7 Å². The summed E-state index contributed by atoms with van der Waals surface area (Å²) in [6.45, 7) is 1.53. The van der Waals surface area contributed by atoms with Gasteiger partial charge in [0.1, 0.15) is 5.78 Å². The Bertz CT molecular complexity index is 322. The molecule has 15 heavy (non-hydrogen) atoms. The van der Waals surface area contributed by atoms with Gasteiger partial charge in [-0.1, -0.05) is 12.1 Å². The highest BCUT2D eigenvalue weighted by Gasteiger charge is 2.03. The second-order valence-corrected chi connectivity index (χ2v) is 4.32. The molecule has 1 aromatic carbocycles. The Morgan fingerprint density at radius 1 is 1.33 bits per heavy atom. The summed E-state index contributed by atoms with van der Waals surface area (Å²) < 4.78 is 23.8. The van der Waals surface area contributed by atoms with Crippen LogP contribution in [0.2, 0.25) is 0 Å². The van der Waals surface area contributed by atoms with E-state index in [0.29, 0.717) is 6.42 Å². The largest absolute Gasteiger partial charge is 0.300 e. The molecule has 0 saturated heterocycles. The number of hydrogen-bond donors (Lipinski definition) is 0. The van der Waals surface area contributed by atoms with Crippen LogP contribution in [-0.2, 0) is 11.2 Å². The van der Waals surface area contributed by atoms with E-state index in [1.54, 1.807) is 24.3 Å². The second-order valence-electron chi connectivity index (χ2n) is 3.22. The van der Waals surface area contributed by atoms with Crippen LogP contribution in [0, 0.1) is 0 Å². The zero-order valence-electron chi connectivity index (χ0n) is 8.37. The lowest BCUT2D eigenvalue weighted by Gasteiger charge is -2.02. The standard InChI is InChI=1S/C11H12F2OS/c1-8(14)6-9-2-4-10(5-3-9)15-7-11(12)13/h2-5,11H,6-7H2,1H3. The molecule has 0 saturated carbocycles. The van der Waals surface area contributed by atoms with Crippen molar-refractivity contribution in [3.05, 3.63) is 29.8 Å². The fourth-order valence-electron chi connectivity index (χ4n) is 1.15. The van der Waals surface area contributed by atoms with Gasteiger partial charge in [-0.25, -0.2) is 8.78 Å². The van der Waals surface area contributed by atoms with Crippen molar-refractivity contribution in [2.24, 2.45) is 0 Å². The lowest BCUT2D eigenvalue weighted by molar-refractivity contribution is -0.116. The first-order valence-corrected chi connectivity index (χ1v) is 5.56. The van der Waals surface area contributed by atoms with Gasteiger partial charge in [-0.3, -0.25) is 4.79 Å². The number of hydrogen-bond acceptors (Lipinski definition) is 2. The molecule has 0 aromatic heterocycles. The maximum Gasteiger partial charge on any atom is 0.247 e. The molecular formula is C11H12F2OS. The lowest BCUT2D eigenvalue weighted by atomic mass is 10.1. The molecule has 0 aliphatic carbocycles. The molecule has 1 rings (SSSR count). The first kappa shape index (κ1) is 12.2. The van der Waals surface area contributed by atoms with Crippen molar-refractivity contribution in [1.82, 2.24) is 0 Å². The molecule has 0 heterocycles. The molecule has 0 bridgehead atoms. The molecule has 0 aliphatic heterocycles. The summed E-state index contributed by atoms with van der Waals surface area (Å²) in [5, 5.41) is 0. The van der Waals surface area contributed by atoms with Crippen LogP contribution in [-0.4, -0.2) is 18.0 Å². The molecule has 0 N–H and O–H groups in total. The molecule has 0 aliphatic rings. The molecule has 0 radical (unpaired) electrons. The number of thioether (sulfide) groups is 1.